The van der Waals surface area contributed by atoms with E-state index in [1.807, 2.05) is 0 Å². The molecule has 0 saturated heterocycles. The minimum Gasteiger partial charge on any atom is -0.455 e. The van der Waals surface area contributed by atoms with Crippen LogP contribution in [0.3, 0.4) is 0 Å². The fraction of sp³-hybridized carbons (Fsp3) is 0.0926. The van der Waals surface area contributed by atoms with Crippen molar-refractivity contribution in [1.82, 2.24) is 0 Å². The predicted octanol–water partition coefficient (Wildman–Crippen LogP) is 15.0. The van der Waals surface area contributed by atoms with E-state index in [4.69, 9.17) is 9.41 Å². The maximum absolute atomic E-state index is 6.71. The van der Waals surface area contributed by atoms with E-state index in [0.29, 0.717) is 0 Å². The third-order valence-corrected chi connectivity index (χ3v) is 11.6. The van der Waals surface area contributed by atoms with Gasteiger partial charge in [-0.15, -0.1) is 0 Å². The minimum absolute atomic E-state index is 0.195. The van der Waals surface area contributed by atoms with Crippen LogP contribution in [0.2, 0.25) is 0 Å². The summed E-state index contributed by atoms with van der Waals surface area (Å²) in [6.45, 7) is 4.62. The molecular weight excluding hydrogens is 679 g/mol. The smallest absolute Gasteiger partial charge is 0.143 e. The Morgan fingerprint density at radius 1 is 0.536 bits per heavy atom. The maximum Gasteiger partial charge on any atom is 0.143 e. The highest BCUT2D eigenvalue weighted by Gasteiger charge is 2.25. The number of allylic oxidation sites excluding steroid dienone is 3. The Labute approximate surface area is 327 Å². The van der Waals surface area contributed by atoms with Gasteiger partial charge in [0.1, 0.15) is 11.2 Å². The highest BCUT2D eigenvalue weighted by atomic mass is 16.3. The van der Waals surface area contributed by atoms with Crippen LogP contribution in [0, 0.1) is 5.92 Å². The molecule has 2 heterocycles. The first-order valence-corrected chi connectivity index (χ1v) is 19.7. The Bertz CT molecular complexity index is 3030. The van der Waals surface area contributed by atoms with Gasteiger partial charge in [-0.2, -0.15) is 0 Å². The number of rotatable bonds is 6. The highest BCUT2D eigenvalue weighted by Crippen LogP contribution is 2.44. The third kappa shape index (κ3) is 5.86. The topological polar surface area (TPSA) is 25.5 Å². The predicted molar refractivity (Wildman–Crippen MR) is 238 cm³/mol. The highest BCUT2D eigenvalue weighted by molar-refractivity contribution is 6.19. The number of fused-ring (bicyclic) bond motifs is 6. The molecule has 0 N–H and O–H groups in total. The molecule has 1 unspecified atom stereocenters. The van der Waals surface area contributed by atoms with Gasteiger partial charge in [0.15, 0.2) is 0 Å². The Morgan fingerprint density at radius 2 is 1.16 bits per heavy atom. The van der Waals surface area contributed by atoms with Crippen LogP contribution >= 0.6 is 0 Å². The molecule has 0 bridgehead atoms. The SMILES string of the molecule is CCC1/C=C(/c2ccccc2)N=C(c2ccccc2-c2ccc(-c3ccccc3)c3oc4ccccc4c23)CC(C)=C1c1ccc2ccc3ccccc3c2c1. The fourth-order valence-corrected chi connectivity index (χ4v) is 8.90. The quantitative estimate of drug-likeness (QED) is 0.157. The number of aliphatic imine (C=N–C) groups is 1. The molecule has 9 aromatic rings. The van der Waals surface area contributed by atoms with Gasteiger partial charge in [0.2, 0.25) is 0 Å². The molecule has 0 aliphatic carbocycles. The molecule has 1 aromatic heterocycles. The van der Waals surface area contributed by atoms with Crippen molar-refractivity contribution in [3.63, 3.8) is 0 Å². The van der Waals surface area contributed by atoms with E-state index in [2.05, 4.69) is 196 Å². The lowest BCUT2D eigenvalue weighted by Crippen LogP contribution is -2.12. The van der Waals surface area contributed by atoms with Crippen molar-refractivity contribution in [2.24, 2.45) is 10.9 Å². The van der Waals surface area contributed by atoms with E-state index >= 15 is 0 Å². The van der Waals surface area contributed by atoms with Crippen LogP contribution in [0.4, 0.5) is 0 Å². The van der Waals surface area contributed by atoms with Crippen molar-refractivity contribution in [1.29, 1.82) is 0 Å². The van der Waals surface area contributed by atoms with Gasteiger partial charge in [-0.25, -0.2) is 0 Å². The Balaban J connectivity index is 1.20. The van der Waals surface area contributed by atoms with Crippen LogP contribution in [-0.4, -0.2) is 5.71 Å². The molecule has 0 spiro atoms. The average molecular weight is 720 g/mol. The molecule has 0 radical (unpaired) electrons. The summed E-state index contributed by atoms with van der Waals surface area (Å²) in [5, 5.41) is 7.35. The van der Waals surface area contributed by atoms with Crippen LogP contribution in [-0.2, 0) is 0 Å². The summed E-state index contributed by atoms with van der Waals surface area (Å²) in [7, 11) is 0. The molecule has 2 nitrogen and oxygen atoms in total. The van der Waals surface area contributed by atoms with Crippen LogP contribution in [0.15, 0.2) is 197 Å². The Hall–Kier alpha value is -6.77. The molecule has 1 atom stereocenters. The zero-order valence-corrected chi connectivity index (χ0v) is 31.7. The minimum atomic E-state index is 0.195. The Kier molecular flexibility index (Phi) is 8.53. The first-order chi connectivity index (χ1) is 27.6. The summed E-state index contributed by atoms with van der Waals surface area (Å²) in [4.78, 5) is 5.65. The van der Waals surface area contributed by atoms with E-state index in [9.17, 15) is 0 Å². The van der Waals surface area contributed by atoms with Gasteiger partial charge in [0, 0.05) is 34.2 Å². The molecule has 56 heavy (non-hydrogen) atoms. The van der Waals surface area contributed by atoms with E-state index in [1.54, 1.807) is 0 Å². The van der Waals surface area contributed by atoms with Crippen LogP contribution in [0.25, 0.3) is 77.0 Å². The van der Waals surface area contributed by atoms with Gasteiger partial charge in [0.25, 0.3) is 0 Å². The number of hydrogen-bond donors (Lipinski definition) is 0. The molecule has 2 heteroatoms. The lowest BCUT2D eigenvalue weighted by Gasteiger charge is -2.25. The summed E-state index contributed by atoms with van der Waals surface area (Å²) >= 11 is 0. The molecule has 8 aromatic carbocycles. The average Bonchev–Trinajstić information content (AvgIpc) is 3.65. The molecular formula is C54H41NO. The van der Waals surface area contributed by atoms with Crippen molar-refractivity contribution < 1.29 is 4.42 Å². The molecule has 0 amide bonds. The Morgan fingerprint density at radius 3 is 1.95 bits per heavy atom. The number of hydrogen-bond acceptors (Lipinski definition) is 2. The van der Waals surface area contributed by atoms with Crippen LogP contribution in [0.1, 0.15) is 43.4 Å². The lowest BCUT2D eigenvalue weighted by atomic mass is 9.81. The lowest BCUT2D eigenvalue weighted by molar-refractivity contribution is 0.670. The number of para-hydroxylation sites is 1. The summed E-state index contributed by atoms with van der Waals surface area (Å²) in [6.07, 6.45) is 4.11. The zero-order valence-electron chi connectivity index (χ0n) is 31.7. The van der Waals surface area contributed by atoms with Gasteiger partial charge >= 0.3 is 0 Å². The molecule has 0 saturated carbocycles. The maximum atomic E-state index is 6.71. The monoisotopic (exact) mass is 719 g/mol. The second-order valence-electron chi connectivity index (χ2n) is 15.0. The molecule has 1 aliphatic heterocycles. The van der Waals surface area contributed by atoms with Gasteiger partial charge < -0.3 is 4.42 Å². The molecule has 10 rings (SSSR count). The van der Waals surface area contributed by atoms with E-state index in [0.717, 1.165) is 79.6 Å². The van der Waals surface area contributed by atoms with Crippen molar-refractivity contribution >= 4 is 60.5 Å². The van der Waals surface area contributed by atoms with Crippen LogP contribution in [0.5, 0.6) is 0 Å². The second-order valence-corrected chi connectivity index (χ2v) is 15.0. The largest absolute Gasteiger partial charge is 0.455 e. The number of benzene rings is 8. The van der Waals surface area contributed by atoms with Crippen molar-refractivity contribution in [3.05, 3.63) is 204 Å². The van der Waals surface area contributed by atoms with Gasteiger partial charge in [-0.3, -0.25) is 4.99 Å². The number of furan rings is 1. The first-order valence-electron chi connectivity index (χ1n) is 19.7. The summed E-state index contributed by atoms with van der Waals surface area (Å²) in [6, 6.07) is 63.2. The van der Waals surface area contributed by atoms with Crippen molar-refractivity contribution in [3.8, 4) is 22.3 Å². The van der Waals surface area contributed by atoms with Crippen LogP contribution < -0.4 is 0 Å². The molecule has 268 valence electrons. The fourth-order valence-electron chi connectivity index (χ4n) is 8.90. The van der Waals surface area contributed by atoms with Crippen molar-refractivity contribution in [2.75, 3.05) is 0 Å². The second kappa shape index (κ2) is 14.1. The zero-order chi connectivity index (χ0) is 37.6. The first kappa shape index (κ1) is 33.8. The van der Waals surface area contributed by atoms with E-state index in [-0.39, 0.29) is 5.92 Å². The molecule has 0 fully saturated rings. The van der Waals surface area contributed by atoms with E-state index < -0.39 is 0 Å². The number of nitrogens with zero attached hydrogens (tertiary/aromatic N) is 1. The van der Waals surface area contributed by atoms with Gasteiger partial charge in [-0.1, -0.05) is 176 Å². The van der Waals surface area contributed by atoms with Crippen molar-refractivity contribution in [2.45, 2.75) is 26.7 Å². The normalized spacial score (nSPS) is 15.9. The summed E-state index contributed by atoms with van der Waals surface area (Å²) in [5.41, 5.74) is 14.6. The van der Waals surface area contributed by atoms with Gasteiger partial charge in [0.05, 0.1) is 11.4 Å². The molecule has 1 aliphatic rings. The summed E-state index contributed by atoms with van der Waals surface area (Å²) in [5.74, 6) is 0.195. The summed E-state index contributed by atoms with van der Waals surface area (Å²) < 4.78 is 6.71. The van der Waals surface area contributed by atoms with E-state index in [1.165, 1.54) is 38.3 Å². The van der Waals surface area contributed by atoms with Gasteiger partial charge in [-0.05, 0) is 86.5 Å². The third-order valence-electron chi connectivity index (χ3n) is 11.6. The standard InChI is InChI=1S/C54H41NO/c1-3-36-34-49(40-19-8-5-9-20-40)55-50(32-35(2)52(36)41-29-28-39-27-26-38-18-10-11-21-42(38)48(39)33-41)45-23-13-12-22-44(45)46-31-30-43(37-16-6-4-7-17-37)54-53(46)47-24-14-15-25-51(47)56-54/h4-31,33-34,36H,3,32H2,1-2H3/b49-34-,52-35?,55-50?.